The summed E-state index contributed by atoms with van der Waals surface area (Å²) in [6.07, 6.45) is 0. The average Bonchev–Trinajstić information content (AvgIpc) is 2.13. The minimum absolute atomic E-state index is 0.317. The molecule has 0 amide bonds. The fraction of sp³-hybridized carbons (Fsp3) is 1.00. The monoisotopic (exact) mass is 254 g/mol. The van der Waals surface area contributed by atoms with Crippen molar-refractivity contribution in [1.82, 2.24) is 0 Å². The van der Waals surface area contributed by atoms with Gasteiger partial charge in [-0.3, -0.25) is 0 Å². The van der Waals surface area contributed by atoms with Gasteiger partial charge in [0, 0.05) is 0 Å². The highest BCUT2D eigenvalue weighted by Crippen LogP contribution is 2.58. The van der Waals surface area contributed by atoms with Gasteiger partial charge in [0.1, 0.15) is 0 Å². The minimum atomic E-state index is 0.317. The quantitative estimate of drug-likeness (QED) is 0.544. The van der Waals surface area contributed by atoms with Crippen LogP contribution >= 0.6 is 0 Å². The summed E-state index contributed by atoms with van der Waals surface area (Å²) in [5.41, 5.74) is 1.31. The highest BCUT2D eigenvalue weighted by Gasteiger charge is 2.50. The van der Waals surface area contributed by atoms with E-state index < -0.39 is 0 Å². The lowest BCUT2D eigenvalue weighted by Gasteiger charge is -2.57. The average molecular weight is 255 g/mol. The van der Waals surface area contributed by atoms with Crippen LogP contribution in [-0.2, 0) is 0 Å². The Hall–Kier alpha value is 0. The molecule has 0 saturated carbocycles. The fourth-order valence-corrected chi connectivity index (χ4v) is 2.85. The maximum absolute atomic E-state index is 2.46. The molecule has 0 radical (unpaired) electrons. The fourth-order valence-electron chi connectivity index (χ4n) is 2.85. The van der Waals surface area contributed by atoms with E-state index in [0.717, 1.165) is 0 Å². The lowest BCUT2D eigenvalue weighted by molar-refractivity contribution is -0.0804. The van der Waals surface area contributed by atoms with Gasteiger partial charge in [-0.1, -0.05) is 83.1 Å². The molecule has 0 N–H and O–H groups in total. The highest BCUT2D eigenvalue weighted by atomic mass is 14.6. The van der Waals surface area contributed by atoms with Crippen LogP contribution in [-0.4, -0.2) is 0 Å². The van der Waals surface area contributed by atoms with E-state index in [0.29, 0.717) is 33.5 Å². The molecular weight excluding hydrogens is 216 g/mol. The van der Waals surface area contributed by atoms with Gasteiger partial charge in [0.15, 0.2) is 0 Å². The van der Waals surface area contributed by atoms with E-state index in [-0.39, 0.29) is 0 Å². The van der Waals surface area contributed by atoms with Gasteiger partial charge in [0.2, 0.25) is 0 Å². The Morgan fingerprint density at radius 1 is 0.500 bits per heavy atom. The lowest BCUT2D eigenvalue weighted by Crippen LogP contribution is -2.50. The second-order valence-corrected chi connectivity index (χ2v) is 9.29. The van der Waals surface area contributed by atoms with Crippen LogP contribution in [0, 0.1) is 33.5 Å². The predicted molar refractivity (Wildman–Crippen MR) is 84.8 cm³/mol. The van der Waals surface area contributed by atoms with E-state index in [4.69, 9.17) is 0 Å². The zero-order chi connectivity index (χ0) is 15.2. The normalized spacial score (nSPS) is 17.2. The van der Waals surface area contributed by atoms with Gasteiger partial charge in [0.25, 0.3) is 0 Å². The molecule has 0 rings (SSSR count). The molecule has 110 valence electrons. The Kier molecular flexibility index (Phi) is 4.84. The highest BCUT2D eigenvalue weighted by molar-refractivity contribution is 4.99. The summed E-state index contributed by atoms with van der Waals surface area (Å²) < 4.78 is 0. The number of hydrogen-bond acceptors (Lipinski definition) is 0. The summed E-state index contributed by atoms with van der Waals surface area (Å²) in [5, 5.41) is 0. The van der Waals surface area contributed by atoms with Crippen molar-refractivity contribution in [2.75, 3.05) is 0 Å². The summed E-state index contributed by atoms with van der Waals surface area (Å²) in [4.78, 5) is 0. The van der Waals surface area contributed by atoms with Gasteiger partial charge in [0.05, 0.1) is 0 Å². The second-order valence-electron chi connectivity index (χ2n) is 9.29. The Labute approximate surface area is 117 Å². The van der Waals surface area contributed by atoms with E-state index >= 15 is 0 Å². The van der Waals surface area contributed by atoms with E-state index in [9.17, 15) is 0 Å². The second kappa shape index (κ2) is 4.84. The molecule has 1 unspecified atom stereocenters. The molecule has 0 spiro atoms. The summed E-state index contributed by atoms with van der Waals surface area (Å²) in [6.45, 7) is 29.0. The van der Waals surface area contributed by atoms with Crippen molar-refractivity contribution in [1.29, 1.82) is 0 Å². The third-order valence-electron chi connectivity index (χ3n) is 7.20. The molecule has 1 atom stereocenters. The van der Waals surface area contributed by atoms with Gasteiger partial charge < -0.3 is 0 Å². The smallest absolute Gasteiger partial charge is 0.0270 e. The Morgan fingerprint density at radius 3 is 1.06 bits per heavy atom. The molecule has 0 aliphatic carbocycles. The Bertz CT molecular complexity index is 271. The molecule has 0 aromatic rings. The van der Waals surface area contributed by atoms with E-state index in [1.165, 1.54) is 0 Å². The molecule has 0 saturated heterocycles. The molecule has 0 fully saturated rings. The summed E-state index contributed by atoms with van der Waals surface area (Å²) in [5.74, 6) is 1.37. The summed E-state index contributed by atoms with van der Waals surface area (Å²) >= 11 is 0. The minimum Gasteiger partial charge on any atom is -0.0622 e. The van der Waals surface area contributed by atoms with Crippen LogP contribution in [0.15, 0.2) is 0 Å². The van der Waals surface area contributed by atoms with Crippen molar-refractivity contribution in [3.63, 3.8) is 0 Å². The Balaban J connectivity index is 5.52. The lowest BCUT2D eigenvalue weighted by atomic mass is 9.48. The summed E-state index contributed by atoms with van der Waals surface area (Å²) in [7, 11) is 0. The molecule has 0 aromatic heterocycles. The molecular formula is C18H38. The molecule has 18 heavy (non-hydrogen) atoms. The van der Waals surface area contributed by atoms with Crippen molar-refractivity contribution in [2.24, 2.45) is 33.5 Å². The molecule has 0 aliphatic rings. The molecule has 0 aliphatic heterocycles. The summed E-state index contributed by atoms with van der Waals surface area (Å²) in [6, 6.07) is 0. The molecule has 0 bridgehead atoms. The third-order valence-corrected chi connectivity index (χ3v) is 7.20. The van der Waals surface area contributed by atoms with Gasteiger partial charge in [-0.05, 0) is 33.5 Å². The van der Waals surface area contributed by atoms with Crippen LogP contribution in [0.25, 0.3) is 0 Å². The van der Waals surface area contributed by atoms with Crippen molar-refractivity contribution in [2.45, 2.75) is 83.1 Å². The van der Waals surface area contributed by atoms with Crippen LogP contribution in [0.5, 0.6) is 0 Å². The van der Waals surface area contributed by atoms with Crippen LogP contribution < -0.4 is 0 Å². The van der Waals surface area contributed by atoms with E-state index in [1.807, 2.05) is 0 Å². The SMILES string of the molecule is CC(C)C(C)(C)C(C)(C)C(C)C(C)(C)C(C)(C)C. The first-order valence-electron chi connectivity index (χ1n) is 7.60. The first-order valence-corrected chi connectivity index (χ1v) is 7.60. The van der Waals surface area contributed by atoms with Crippen LogP contribution in [0.2, 0.25) is 0 Å². The number of hydrogen-bond donors (Lipinski definition) is 0. The van der Waals surface area contributed by atoms with Crippen LogP contribution in [0.3, 0.4) is 0 Å². The van der Waals surface area contributed by atoms with Crippen LogP contribution in [0.4, 0.5) is 0 Å². The molecule has 0 heteroatoms. The van der Waals surface area contributed by atoms with E-state index in [2.05, 4.69) is 83.1 Å². The third kappa shape index (κ3) is 2.78. The first-order chi connectivity index (χ1) is 7.60. The van der Waals surface area contributed by atoms with Crippen LogP contribution in [0.1, 0.15) is 83.1 Å². The standard InChI is InChI=1S/C18H38/c1-13(2)16(7,8)18(11,12)14(3)17(9,10)15(4,5)6/h13-14H,1-12H3. The van der Waals surface area contributed by atoms with Crippen molar-refractivity contribution in [3.05, 3.63) is 0 Å². The van der Waals surface area contributed by atoms with Crippen molar-refractivity contribution >= 4 is 0 Å². The van der Waals surface area contributed by atoms with Gasteiger partial charge in [-0.25, -0.2) is 0 Å². The van der Waals surface area contributed by atoms with Crippen molar-refractivity contribution < 1.29 is 0 Å². The zero-order valence-corrected chi connectivity index (χ0v) is 15.2. The predicted octanol–water partition coefficient (Wildman–Crippen LogP) is 6.40. The largest absolute Gasteiger partial charge is 0.0622 e. The zero-order valence-electron chi connectivity index (χ0n) is 15.2. The Morgan fingerprint density at radius 2 is 0.833 bits per heavy atom. The molecule has 0 nitrogen and oxygen atoms in total. The molecule has 0 heterocycles. The topological polar surface area (TPSA) is 0 Å². The molecule has 0 aromatic carbocycles. The first kappa shape index (κ1) is 18.0. The van der Waals surface area contributed by atoms with Gasteiger partial charge >= 0.3 is 0 Å². The van der Waals surface area contributed by atoms with E-state index in [1.54, 1.807) is 0 Å². The number of rotatable bonds is 4. The maximum Gasteiger partial charge on any atom is -0.0270 e. The maximum atomic E-state index is 2.46. The van der Waals surface area contributed by atoms with Crippen molar-refractivity contribution in [3.8, 4) is 0 Å². The van der Waals surface area contributed by atoms with Gasteiger partial charge in [-0.2, -0.15) is 0 Å². The van der Waals surface area contributed by atoms with Gasteiger partial charge in [-0.15, -0.1) is 0 Å².